The zero-order valence-electron chi connectivity index (χ0n) is 17.6. The fourth-order valence-electron chi connectivity index (χ4n) is 4.58. The van der Waals surface area contributed by atoms with Crippen LogP contribution < -0.4 is 0 Å². The number of Topliss-reactive ketones (excluding diaryl/α,β-unsaturated/α-hetero) is 2. The fourth-order valence-corrected chi connectivity index (χ4v) is 4.58. The van der Waals surface area contributed by atoms with E-state index < -0.39 is 0 Å². The molecule has 0 saturated heterocycles. The molecule has 0 radical (unpaired) electrons. The predicted molar refractivity (Wildman–Crippen MR) is 121 cm³/mol. The molecule has 158 valence electrons. The summed E-state index contributed by atoms with van der Waals surface area (Å²) in [6, 6.07) is 23.8. The Morgan fingerprint density at radius 3 is 2.26 bits per heavy atom. The third kappa shape index (κ3) is 5.35. The lowest BCUT2D eigenvalue weighted by atomic mass is 9.77. The van der Waals surface area contributed by atoms with Gasteiger partial charge in [-0.1, -0.05) is 72.8 Å². The van der Waals surface area contributed by atoms with Crippen LogP contribution in [0.1, 0.15) is 48.0 Å². The Labute approximate surface area is 183 Å². The van der Waals surface area contributed by atoms with Crippen molar-refractivity contribution in [1.82, 2.24) is 0 Å². The summed E-state index contributed by atoms with van der Waals surface area (Å²) >= 11 is 0. The van der Waals surface area contributed by atoms with Crippen molar-refractivity contribution < 1.29 is 14.0 Å². The van der Waals surface area contributed by atoms with Crippen molar-refractivity contribution in [3.05, 3.63) is 95.8 Å². The van der Waals surface area contributed by atoms with Gasteiger partial charge in [-0.2, -0.15) is 0 Å². The predicted octanol–water partition coefficient (Wildman–Crippen LogP) is 6.68. The van der Waals surface area contributed by atoms with Gasteiger partial charge in [0.05, 0.1) is 0 Å². The van der Waals surface area contributed by atoms with Crippen LogP contribution >= 0.6 is 0 Å². The third-order valence-corrected chi connectivity index (χ3v) is 6.36. The second-order valence-corrected chi connectivity index (χ2v) is 8.53. The topological polar surface area (TPSA) is 34.1 Å². The summed E-state index contributed by atoms with van der Waals surface area (Å²) in [5.41, 5.74) is 3.05. The van der Waals surface area contributed by atoms with Crippen LogP contribution in [-0.2, 0) is 11.2 Å². The first-order valence-corrected chi connectivity index (χ1v) is 11.0. The van der Waals surface area contributed by atoms with Gasteiger partial charge in [-0.3, -0.25) is 9.59 Å². The molecule has 3 aromatic carbocycles. The highest BCUT2D eigenvalue weighted by Gasteiger charge is 2.27. The number of halogens is 1. The molecule has 2 nitrogen and oxygen atoms in total. The molecule has 0 N–H and O–H groups in total. The Hall–Kier alpha value is -3.07. The van der Waals surface area contributed by atoms with Crippen molar-refractivity contribution in [3.63, 3.8) is 0 Å². The lowest BCUT2D eigenvalue weighted by Crippen LogP contribution is -2.24. The average Bonchev–Trinajstić information content (AvgIpc) is 2.80. The molecule has 1 fully saturated rings. The molecule has 1 saturated carbocycles. The van der Waals surface area contributed by atoms with E-state index in [1.54, 1.807) is 12.1 Å². The number of ketones is 2. The highest BCUT2D eigenvalue weighted by Crippen LogP contribution is 2.33. The van der Waals surface area contributed by atoms with Gasteiger partial charge in [0.15, 0.2) is 5.78 Å². The lowest BCUT2D eigenvalue weighted by molar-refractivity contribution is -0.123. The molecule has 3 aromatic rings. The minimum absolute atomic E-state index is 0.0557. The molecule has 1 aliphatic carbocycles. The van der Waals surface area contributed by atoms with E-state index >= 15 is 0 Å². The Balaban J connectivity index is 1.32. The first kappa shape index (κ1) is 21.2. The van der Waals surface area contributed by atoms with Crippen LogP contribution in [0.2, 0.25) is 0 Å². The minimum atomic E-state index is -0.255. The summed E-state index contributed by atoms with van der Waals surface area (Å²) in [6.07, 6.45) is 4.47. The van der Waals surface area contributed by atoms with Crippen LogP contribution in [0.25, 0.3) is 11.1 Å². The first-order chi connectivity index (χ1) is 15.1. The van der Waals surface area contributed by atoms with Gasteiger partial charge in [0.2, 0.25) is 0 Å². The number of hydrogen-bond donors (Lipinski definition) is 0. The largest absolute Gasteiger partial charge is 0.299 e. The van der Waals surface area contributed by atoms with Gasteiger partial charge in [-0.15, -0.1) is 0 Å². The standard InChI is InChI=1S/C28H27FO2/c29-26-12-5-4-11-25(26)24-10-6-7-21(17-24)19-28(31)23-15-13-20(14-16-23)18-27(30)22-8-2-1-3-9-22/h1-12,17,20,23H,13-16,18-19H2. The van der Waals surface area contributed by atoms with E-state index in [-0.39, 0.29) is 23.3 Å². The van der Waals surface area contributed by atoms with E-state index in [4.69, 9.17) is 0 Å². The summed E-state index contributed by atoms with van der Waals surface area (Å²) in [7, 11) is 0. The van der Waals surface area contributed by atoms with Crippen molar-refractivity contribution in [1.29, 1.82) is 0 Å². The Kier molecular flexibility index (Phi) is 6.71. The number of benzene rings is 3. The Bertz CT molecular complexity index is 1050. The van der Waals surface area contributed by atoms with Crippen LogP contribution in [0.3, 0.4) is 0 Å². The fraction of sp³-hybridized carbons (Fsp3) is 0.286. The first-order valence-electron chi connectivity index (χ1n) is 11.0. The van der Waals surface area contributed by atoms with Gasteiger partial charge >= 0.3 is 0 Å². The van der Waals surface area contributed by atoms with Crippen LogP contribution in [0.15, 0.2) is 78.9 Å². The van der Waals surface area contributed by atoms with E-state index in [0.29, 0.717) is 24.3 Å². The summed E-state index contributed by atoms with van der Waals surface area (Å²) in [6.45, 7) is 0. The molecule has 31 heavy (non-hydrogen) atoms. The lowest BCUT2D eigenvalue weighted by Gasteiger charge is -2.27. The molecule has 1 aliphatic rings. The molecular weight excluding hydrogens is 387 g/mol. The highest BCUT2D eigenvalue weighted by molar-refractivity contribution is 5.96. The van der Waals surface area contributed by atoms with Gasteiger partial charge in [-0.25, -0.2) is 4.39 Å². The average molecular weight is 415 g/mol. The molecule has 0 spiro atoms. The van der Waals surface area contributed by atoms with E-state index in [9.17, 15) is 14.0 Å². The Morgan fingerprint density at radius 1 is 0.806 bits per heavy atom. The van der Waals surface area contributed by atoms with Crippen molar-refractivity contribution in [3.8, 4) is 11.1 Å². The number of carbonyl (C=O) groups excluding carboxylic acids is 2. The summed E-state index contributed by atoms with van der Waals surface area (Å²) in [5, 5.41) is 0. The summed E-state index contributed by atoms with van der Waals surface area (Å²) in [4.78, 5) is 25.3. The van der Waals surface area contributed by atoms with Crippen molar-refractivity contribution >= 4 is 11.6 Å². The van der Waals surface area contributed by atoms with Crippen molar-refractivity contribution in [2.45, 2.75) is 38.5 Å². The normalized spacial score (nSPS) is 18.5. The maximum atomic E-state index is 14.1. The molecule has 0 atom stereocenters. The van der Waals surface area contributed by atoms with E-state index in [1.807, 2.05) is 60.7 Å². The SMILES string of the molecule is O=C(CC1CCC(C(=O)Cc2cccc(-c3ccccc3F)c2)CC1)c1ccccc1. The molecule has 0 unspecified atom stereocenters. The van der Waals surface area contributed by atoms with Crippen LogP contribution in [0.5, 0.6) is 0 Å². The maximum Gasteiger partial charge on any atom is 0.163 e. The third-order valence-electron chi connectivity index (χ3n) is 6.36. The number of rotatable bonds is 7. The van der Waals surface area contributed by atoms with Crippen LogP contribution in [-0.4, -0.2) is 11.6 Å². The highest BCUT2D eigenvalue weighted by atomic mass is 19.1. The van der Waals surface area contributed by atoms with Crippen LogP contribution in [0, 0.1) is 17.7 Å². The smallest absolute Gasteiger partial charge is 0.163 e. The quantitative estimate of drug-likeness (QED) is 0.404. The van der Waals surface area contributed by atoms with Gasteiger partial charge < -0.3 is 0 Å². The molecule has 0 amide bonds. The molecule has 0 bridgehead atoms. The summed E-state index contributed by atoms with van der Waals surface area (Å²) < 4.78 is 14.1. The molecule has 0 aromatic heterocycles. The molecular formula is C28H27FO2. The number of carbonyl (C=O) groups is 2. The second-order valence-electron chi connectivity index (χ2n) is 8.53. The van der Waals surface area contributed by atoms with Crippen molar-refractivity contribution in [2.24, 2.45) is 11.8 Å². The zero-order valence-corrected chi connectivity index (χ0v) is 17.6. The van der Waals surface area contributed by atoms with Crippen molar-refractivity contribution in [2.75, 3.05) is 0 Å². The number of hydrogen-bond acceptors (Lipinski definition) is 2. The Morgan fingerprint density at radius 2 is 1.52 bits per heavy atom. The van der Waals surface area contributed by atoms with Gasteiger partial charge in [0.25, 0.3) is 0 Å². The van der Waals surface area contributed by atoms with Crippen LogP contribution in [0.4, 0.5) is 4.39 Å². The zero-order chi connectivity index (χ0) is 21.6. The van der Waals surface area contributed by atoms with E-state index in [1.165, 1.54) is 6.07 Å². The van der Waals surface area contributed by atoms with E-state index in [2.05, 4.69) is 0 Å². The van der Waals surface area contributed by atoms with Gasteiger partial charge in [-0.05, 0) is 48.8 Å². The summed E-state index contributed by atoms with van der Waals surface area (Å²) in [5.74, 6) is 0.606. The van der Waals surface area contributed by atoms with Gasteiger partial charge in [0, 0.05) is 29.9 Å². The van der Waals surface area contributed by atoms with Gasteiger partial charge in [0.1, 0.15) is 11.6 Å². The molecule has 3 heteroatoms. The molecule has 0 heterocycles. The molecule has 0 aliphatic heterocycles. The second kappa shape index (κ2) is 9.82. The maximum absolute atomic E-state index is 14.1. The minimum Gasteiger partial charge on any atom is -0.299 e. The monoisotopic (exact) mass is 414 g/mol. The van der Waals surface area contributed by atoms with E-state index in [0.717, 1.165) is 42.4 Å². The molecule has 4 rings (SSSR count).